The van der Waals surface area contributed by atoms with Crippen LogP contribution in [-0.2, 0) is 3.83 Å². The molecule has 4 heteroatoms. The monoisotopic (exact) mass is 279 g/mol. The molecule has 1 aliphatic heterocycles. The molecule has 11 heavy (non-hydrogen) atoms. The normalized spacial score (nSPS) is 19.1. The average molecular weight is 277 g/mol. The third-order valence-corrected chi connectivity index (χ3v) is 3.59. The molecule has 2 rings (SSSR count). The maximum absolute atomic E-state index is 11.1. The smallest absolute Gasteiger partial charge is 0 e. The topological polar surface area (TPSA) is 29.4 Å². The summed E-state index contributed by atoms with van der Waals surface area (Å²) >= 11 is -2.00. The molecule has 0 saturated carbocycles. The van der Waals surface area contributed by atoms with E-state index in [2.05, 4.69) is 4.01 Å². The molecule has 0 N–H and O–H groups in total. The molecule has 1 atom stereocenters. The minimum atomic E-state index is -2.00. The first-order chi connectivity index (χ1) is 4.88. The minimum Gasteiger partial charge on any atom is 0 e. The molecule has 0 saturated heterocycles. The molecule has 1 aliphatic rings. The summed E-state index contributed by atoms with van der Waals surface area (Å²) in [6.07, 6.45) is 1.69. The quantitative estimate of drug-likeness (QED) is 0.607. The van der Waals surface area contributed by atoms with E-state index in [1.54, 1.807) is 6.21 Å². The largest absolute Gasteiger partial charge is 0 e. The molecular weight excluding hydrogens is 272 g/mol. The average Bonchev–Trinajstić information content (AvgIpc) is 2.34. The van der Waals surface area contributed by atoms with Crippen LogP contribution in [0.15, 0.2) is 28.3 Å². The molecule has 1 unspecified atom stereocenters. The third-order valence-electron chi connectivity index (χ3n) is 1.39. The summed E-state index contributed by atoms with van der Waals surface area (Å²) in [6, 6.07) is 7.62. The van der Waals surface area contributed by atoms with E-state index in [0.717, 1.165) is 10.0 Å². The molecule has 2 nitrogen and oxygen atoms in total. The summed E-state index contributed by atoms with van der Waals surface area (Å²) in [5, 5.41) is 0. The van der Waals surface area contributed by atoms with Gasteiger partial charge in [-0.2, -0.15) is 0 Å². The zero-order valence-corrected chi connectivity index (χ0v) is 8.98. The van der Waals surface area contributed by atoms with Crippen LogP contribution < -0.4 is 4.46 Å². The molecule has 0 aliphatic carbocycles. The predicted molar refractivity (Wildman–Crippen MR) is 45.9 cm³/mol. The van der Waals surface area contributed by atoms with E-state index in [1.807, 2.05) is 24.3 Å². The van der Waals surface area contributed by atoms with Crippen molar-refractivity contribution < 1.29 is 3.83 Å². The first-order valence-electron chi connectivity index (χ1n) is 2.93. The molecule has 0 aromatic heterocycles. The fourth-order valence-corrected chi connectivity index (χ4v) is 2.67. The van der Waals surface area contributed by atoms with Gasteiger partial charge in [0.15, 0.2) is 0 Å². The van der Waals surface area contributed by atoms with Crippen molar-refractivity contribution in [2.24, 2.45) is 4.01 Å². The molecule has 2 radical (unpaired) electrons. The van der Waals surface area contributed by atoms with Gasteiger partial charge in [-0.25, -0.2) is 0 Å². The van der Waals surface area contributed by atoms with Crippen molar-refractivity contribution in [1.82, 2.24) is 0 Å². The molecule has 1 aromatic rings. The van der Waals surface area contributed by atoms with Gasteiger partial charge in [0.2, 0.25) is 0 Å². The van der Waals surface area contributed by atoms with Gasteiger partial charge in [0.25, 0.3) is 0 Å². The summed E-state index contributed by atoms with van der Waals surface area (Å²) in [5.41, 5.74) is 1.02. The van der Waals surface area contributed by atoms with Crippen molar-refractivity contribution in [3.63, 3.8) is 0 Å². The summed E-state index contributed by atoms with van der Waals surface area (Å²) < 4.78 is 15.8. The van der Waals surface area contributed by atoms with Gasteiger partial charge in [0.05, 0.1) is 0 Å². The van der Waals surface area contributed by atoms with Crippen LogP contribution in [0.1, 0.15) is 5.56 Å². The maximum Gasteiger partial charge on any atom is 0 e. The fourth-order valence-electron chi connectivity index (χ4n) is 0.908. The van der Waals surface area contributed by atoms with Crippen LogP contribution >= 0.6 is 0 Å². The van der Waals surface area contributed by atoms with Gasteiger partial charge in [0, 0.05) is 17.1 Å². The minimum absolute atomic E-state index is 0. The van der Waals surface area contributed by atoms with E-state index < -0.39 is 14.1 Å². The van der Waals surface area contributed by atoms with Gasteiger partial charge in [-0.3, -0.25) is 0 Å². The zero-order valence-electron chi connectivity index (χ0n) is 5.56. The summed E-state index contributed by atoms with van der Waals surface area (Å²) in [4.78, 5) is 0. The molecule has 1 aromatic carbocycles. The molecule has 0 amide bonds. The number of nitrogens with zero attached hydrogens (tertiary/aromatic N) is 1. The van der Waals surface area contributed by atoms with Gasteiger partial charge < -0.3 is 0 Å². The van der Waals surface area contributed by atoms with Crippen molar-refractivity contribution in [2.75, 3.05) is 0 Å². The number of hydrogen-bond donors (Lipinski definition) is 0. The molecular formula is C7H5NOSe2. The van der Waals surface area contributed by atoms with Crippen molar-refractivity contribution in [3.8, 4) is 0 Å². The Morgan fingerprint density at radius 2 is 2.00 bits per heavy atom. The predicted octanol–water partition coefficient (Wildman–Crippen LogP) is -0.136. The van der Waals surface area contributed by atoms with Crippen molar-refractivity contribution in [2.45, 2.75) is 0 Å². The van der Waals surface area contributed by atoms with E-state index >= 15 is 0 Å². The third kappa shape index (κ3) is 1.49. The van der Waals surface area contributed by atoms with Gasteiger partial charge in [-0.05, 0) is 0 Å². The Hall–Kier alpha value is -0.271. The Balaban J connectivity index is 0.000000605. The SMILES string of the molecule is O=[Se]1N=Cc2ccccc21.[Se]. The summed E-state index contributed by atoms with van der Waals surface area (Å²) in [7, 11) is 0. The Morgan fingerprint density at radius 3 is 2.73 bits per heavy atom. The number of fused-ring (bicyclic) bond motifs is 1. The fraction of sp³-hybridized carbons (Fsp3) is 0. The maximum atomic E-state index is 11.1. The second kappa shape index (κ2) is 3.42. The summed E-state index contributed by atoms with van der Waals surface area (Å²) in [5.74, 6) is 0. The van der Waals surface area contributed by atoms with Gasteiger partial charge in [-0.15, -0.1) is 0 Å². The number of hydrogen-bond acceptors (Lipinski definition) is 1. The van der Waals surface area contributed by atoms with Crippen molar-refractivity contribution in [1.29, 1.82) is 0 Å². The van der Waals surface area contributed by atoms with Crippen LogP contribution in [0.2, 0.25) is 0 Å². The van der Waals surface area contributed by atoms with Crippen LogP contribution in [-0.4, -0.2) is 37.3 Å². The van der Waals surface area contributed by atoms with Gasteiger partial charge >= 0.3 is 62.4 Å². The van der Waals surface area contributed by atoms with E-state index in [0.29, 0.717) is 0 Å². The standard InChI is InChI=1S/C7H5NOSe.Se/c9-10-7-4-2-1-3-6(7)5-8-10;/h1-5H;. The molecule has 0 spiro atoms. The first kappa shape index (κ1) is 8.82. The Kier molecular flexibility index (Phi) is 2.74. The van der Waals surface area contributed by atoms with Crippen LogP contribution in [0, 0.1) is 0 Å². The molecule has 56 valence electrons. The Labute approximate surface area is 79.5 Å². The van der Waals surface area contributed by atoms with Crippen LogP contribution in [0.4, 0.5) is 0 Å². The van der Waals surface area contributed by atoms with Crippen LogP contribution in [0.5, 0.6) is 0 Å². The van der Waals surface area contributed by atoms with E-state index in [-0.39, 0.29) is 17.1 Å². The van der Waals surface area contributed by atoms with Crippen LogP contribution in [0.3, 0.4) is 0 Å². The second-order valence-electron chi connectivity index (χ2n) is 2.02. The zero-order chi connectivity index (χ0) is 6.97. The van der Waals surface area contributed by atoms with Crippen LogP contribution in [0.25, 0.3) is 0 Å². The Morgan fingerprint density at radius 1 is 1.27 bits per heavy atom. The first-order valence-corrected chi connectivity index (χ1v) is 5.25. The van der Waals surface area contributed by atoms with Gasteiger partial charge in [-0.1, -0.05) is 0 Å². The second-order valence-corrected chi connectivity index (χ2v) is 4.43. The number of rotatable bonds is 0. The van der Waals surface area contributed by atoms with Crippen molar-refractivity contribution >= 4 is 41.8 Å². The van der Waals surface area contributed by atoms with Gasteiger partial charge in [0.1, 0.15) is 0 Å². The van der Waals surface area contributed by atoms with Crippen molar-refractivity contribution in [3.05, 3.63) is 29.8 Å². The summed E-state index contributed by atoms with van der Waals surface area (Å²) in [6.45, 7) is 0. The molecule has 1 heterocycles. The molecule has 0 bridgehead atoms. The van der Waals surface area contributed by atoms with E-state index in [9.17, 15) is 3.83 Å². The van der Waals surface area contributed by atoms with E-state index in [1.165, 1.54) is 0 Å². The number of benzene rings is 1. The molecule has 0 fully saturated rings. The van der Waals surface area contributed by atoms with E-state index in [4.69, 9.17) is 0 Å². The Bertz CT molecular complexity index is 322.